The minimum absolute atomic E-state index is 0.0876. The molecule has 0 spiro atoms. The number of nitrogens with one attached hydrogen (secondary N) is 1. The summed E-state index contributed by atoms with van der Waals surface area (Å²) in [7, 11) is 4.84. The van der Waals surface area contributed by atoms with E-state index in [0.29, 0.717) is 29.5 Å². The van der Waals surface area contributed by atoms with Crippen LogP contribution in [0.5, 0.6) is 17.2 Å². The van der Waals surface area contributed by atoms with Gasteiger partial charge in [-0.15, -0.1) is 0 Å². The van der Waals surface area contributed by atoms with Crippen molar-refractivity contribution in [1.29, 1.82) is 0 Å². The molecule has 1 aliphatic heterocycles. The number of rotatable bonds is 5. The van der Waals surface area contributed by atoms with Crippen LogP contribution < -0.4 is 19.5 Å². The molecule has 7 heteroatoms. The van der Waals surface area contributed by atoms with Crippen molar-refractivity contribution in [3.8, 4) is 51.2 Å². The lowest BCUT2D eigenvalue weighted by molar-refractivity contribution is -0.119. The van der Waals surface area contributed by atoms with Gasteiger partial charge in [-0.2, -0.15) is 0 Å². The quantitative estimate of drug-likeness (QED) is 0.440. The predicted molar refractivity (Wildman–Crippen MR) is 134 cm³/mol. The zero-order valence-corrected chi connectivity index (χ0v) is 20.2. The summed E-state index contributed by atoms with van der Waals surface area (Å²) in [5, 5.41) is 3.13. The molecule has 2 aliphatic carbocycles. The van der Waals surface area contributed by atoms with Crippen LogP contribution in [0.25, 0.3) is 33.9 Å². The first-order chi connectivity index (χ1) is 17.0. The number of aromatic nitrogens is 2. The van der Waals surface area contributed by atoms with Gasteiger partial charge in [-0.25, -0.2) is 9.97 Å². The Bertz CT molecular complexity index is 1370. The molecule has 178 valence electrons. The molecule has 35 heavy (non-hydrogen) atoms. The molecule has 0 unspecified atom stereocenters. The van der Waals surface area contributed by atoms with Crippen LogP contribution in [-0.4, -0.2) is 37.2 Å². The van der Waals surface area contributed by atoms with Crippen LogP contribution in [0, 0.1) is 0 Å². The zero-order chi connectivity index (χ0) is 24.5. The van der Waals surface area contributed by atoms with Crippen molar-refractivity contribution >= 4 is 5.91 Å². The first-order valence-electron chi connectivity index (χ1n) is 11.5. The van der Waals surface area contributed by atoms with Gasteiger partial charge in [0.1, 0.15) is 0 Å². The third-order valence-corrected chi connectivity index (χ3v) is 6.39. The molecule has 7 nitrogen and oxygen atoms in total. The van der Waals surface area contributed by atoms with E-state index >= 15 is 0 Å². The summed E-state index contributed by atoms with van der Waals surface area (Å²) in [4.78, 5) is 21.8. The number of methoxy groups -OCH3 is 3. The molecule has 1 amide bonds. The number of ether oxygens (including phenoxy) is 3. The Kier molecular flexibility index (Phi) is 5.99. The largest absolute Gasteiger partial charge is 0.493 e. The van der Waals surface area contributed by atoms with Gasteiger partial charge in [0.15, 0.2) is 17.3 Å². The van der Waals surface area contributed by atoms with Gasteiger partial charge in [0, 0.05) is 18.1 Å². The van der Waals surface area contributed by atoms with Crippen LogP contribution in [0.1, 0.15) is 30.5 Å². The highest BCUT2D eigenvalue weighted by atomic mass is 16.5. The summed E-state index contributed by atoms with van der Waals surface area (Å²) < 4.78 is 17.1. The topological polar surface area (TPSA) is 82.6 Å². The smallest absolute Gasteiger partial charge is 0.217 e. The maximum Gasteiger partial charge on any atom is 0.217 e. The van der Waals surface area contributed by atoms with Gasteiger partial charge in [0.2, 0.25) is 11.7 Å². The Morgan fingerprint density at radius 1 is 0.914 bits per heavy atom. The second kappa shape index (κ2) is 9.25. The van der Waals surface area contributed by atoms with Crippen LogP contribution in [0.15, 0.2) is 54.6 Å². The molecule has 5 rings (SSSR count). The number of hydrogen-bond donors (Lipinski definition) is 1. The van der Waals surface area contributed by atoms with Gasteiger partial charge in [-0.3, -0.25) is 4.79 Å². The van der Waals surface area contributed by atoms with Crippen LogP contribution >= 0.6 is 0 Å². The van der Waals surface area contributed by atoms with Crippen molar-refractivity contribution in [1.82, 2.24) is 15.3 Å². The van der Waals surface area contributed by atoms with Gasteiger partial charge in [-0.1, -0.05) is 36.4 Å². The van der Waals surface area contributed by atoms with E-state index in [2.05, 4.69) is 5.32 Å². The molecule has 0 fully saturated rings. The number of aryl methyl sites for hydroxylation is 1. The highest BCUT2D eigenvalue weighted by molar-refractivity contribution is 5.85. The Hall–Kier alpha value is -4.13. The van der Waals surface area contributed by atoms with E-state index in [0.717, 1.165) is 45.6 Å². The normalized spacial score (nSPS) is 14.5. The summed E-state index contributed by atoms with van der Waals surface area (Å²) in [6.07, 6.45) is 1.43. The molecular weight excluding hydrogens is 442 g/mol. The Balaban J connectivity index is 1.78. The minimum Gasteiger partial charge on any atom is -0.493 e. The number of hydrogen-bond acceptors (Lipinski definition) is 6. The summed E-state index contributed by atoms with van der Waals surface area (Å²) in [6.45, 7) is 1.54. The van der Waals surface area contributed by atoms with E-state index < -0.39 is 0 Å². The number of fused-ring (bicyclic) bond motifs is 4. The molecule has 0 aromatic heterocycles. The third-order valence-electron chi connectivity index (χ3n) is 6.39. The number of benzene rings is 2. The molecule has 2 aromatic carbocycles. The van der Waals surface area contributed by atoms with E-state index in [1.54, 1.807) is 28.3 Å². The third kappa shape index (κ3) is 4.03. The number of carbonyl (C=O) groups excluding carboxylic acids is 1. The van der Waals surface area contributed by atoms with Crippen molar-refractivity contribution in [2.45, 2.75) is 25.8 Å². The number of nitrogens with zero attached hydrogens (tertiary/aromatic N) is 2. The molecule has 2 aromatic rings. The van der Waals surface area contributed by atoms with Gasteiger partial charge < -0.3 is 19.5 Å². The second-order valence-corrected chi connectivity index (χ2v) is 8.50. The monoisotopic (exact) mass is 469 g/mol. The summed E-state index contributed by atoms with van der Waals surface area (Å²) in [5.74, 6) is 2.33. The molecule has 0 saturated heterocycles. The maximum absolute atomic E-state index is 12.2. The molecule has 0 radical (unpaired) electrons. The zero-order valence-electron chi connectivity index (χ0n) is 20.2. The Morgan fingerprint density at radius 2 is 1.66 bits per heavy atom. The highest BCUT2D eigenvalue weighted by Gasteiger charge is 2.30. The lowest BCUT2D eigenvalue weighted by atomic mass is 9.95. The molecule has 0 bridgehead atoms. The molecule has 0 saturated carbocycles. The molecule has 1 atom stereocenters. The van der Waals surface area contributed by atoms with Crippen LogP contribution in [0.4, 0.5) is 0 Å². The summed E-state index contributed by atoms with van der Waals surface area (Å²) >= 11 is 0. The standard InChI is InChI=1S/C28H27N3O4/c1-16(32)29-21-12-10-18-14-24(33-2)26(34-3)27(35-4)25(18)19-11-13-22-23(15-20(19)21)31-28(30-22)17-8-6-5-7-9-17/h5-9,11,13-15,21H,10,12H2,1-4H3,(H,29,32)/t21-/m0/s1. The molecule has 1 N–H and O–H groups in total. The highest BCUT2D eigenvalue weighted by Crippen LogP contribution is 2.50. The second-order valence-electron chi connectivity index (χ2n) is 8.50. The SMILES string of the molecule is COc1cc2c(c(OC)c1OC)-c1ccc3nc(-c4ccccc4)nc-3cc1[C@@H](NC(C)=O)CC2. The average Bonchev–Trinajstić information content (AvgIpc) is 3.12. The predicted octanol–water partition coefficient (Wildman–Crippen LogP) is 5.06. The van der Waals surface area contributed by atoms with E-state index in [-0.39, 0.29) is 11.9 Å². The van der Waals surface area contributed by atoms with Crippen molar-refractivity contribution in [3.05, 3.63) is 65.7 Å². The van der Waals surface area contributed by atoms with Gasteiger partial charge in [0.25, 0.3) is 0 Å². The van der Waals surface area contributed by atoms with Crippen LogP contribution in [-0.2, 0) is 11.2 Å². The van der Waals surface area contributed by atoms with Gasteiger partial charge in [-0.05, 0) is 47.7 Å². The summed E-state index contributed by atoms with van der Waals surface area (Å²) in [6, 6.07) is 17.7. The fourth-order valence-corrected chi connectivity index (χ4v) is 4.86. The first-order valence-corrected chi connectivity index (χ1v) is 11.5. The number of carbonyl (C=O) groups is 1. The Morgan fingerprint density at radius 3 is 2.34 bits per heavy atom. The molecular formula is C28H27N3O4. The van der Waals surface area contributed by atoms with E-state index in [9.17, 15) is 4.79 Å². The van der Waals surface area contributed by atoms with E-state index in [1.165, 1.54) is 0 Å². The fourth-order valence-electron chi connectivity index (χ4n) is 4.86. The van der Waals surface area contributed by atoms with Crippen molar-refractivity contribution in [2.24, 2.45) is 0 Å². The number of amides is 1. The lowest BCUT2D eigenvalue weighted by Crippen LogP contribution is -2.26. The fraction of sp³-hybridized carbons (Fsp3) is 0.250. The summed E-state index contributed by atoms with van der Waals surface area (Å²) in [5.41, 5.74) is 6.39. The number of imidazole rings is 1. The molecule has 3 aliphatic rings. The van der Waals surface area contributed by atoms with Crippen LogP contribution in [0.3, 0.4) is 0 Å². The first kappa shape index (κ1) is 22.7. The maximum atomic E-state index is 12.2. The van der Waals surface area contributed by atoms with Crippen molar-refractivity contribution in [3.63, 3.8) is 0 Å². The molecule has 1 heterocycles. The Labute approximate surface area is 204 Å². The lowest BCUT2D eigenvalue weighted by Gasteiger charge is -2.19. The van der Waals surface area contributed by atoms with Crippen molar-refractivity contribution < 1.29 is 19.0 Å². The van der Waals surface area contributed by atoms with Gasteiger partial charge in [0.05, 0.1) is 38.8 Å². The van der Waals surface area contributed by atoms with Crippen LogP contribution in [0.2, 0.25) is 0 Å². The van der Waals surface area contributed by atoms with Gasteiger partial charge >= 0.3 is 0 Å². The van der Waals surface area contributed by atoms with E-state index in [1.807, 2.05) is 54.6 Å². The average molecular weight is 470 g/mol. The van der Waals surface area contributed by atoms with E-state index in [4.69, 9.17) is 24.2 Å². The van der Waals surface area contributed by atoms with Crippen molar-refractivity contribution in [2.75, 3.05) is 21.3 Å². The minimum atomic E-state index is -0.205.